The second-order valence-corrected chi connectivity index (χ2v) is 16.0. The first-order valence-electron chi connectivity index (χ1n) is 21.2. The third kappa shape index (κ3) is 6.04. The predicted molar refractivity (Wildman–Crippen MR) is 263 cm³/mol. The molecule has 0 aliphatic heterocycles. The maximum absolute atomic E-state index is 6.33. The summed E-state index contributed by atoms with van der Waals surface area (Å²) in [7, 11) is 0. The van der Waals surface area contributed by atoms with Gasteiger partial charge < -0.3 is 9.32 Å². The molecule has 0 spiro atoms. The molecular weight excluding hydrogens is 751 g/mol. The van der Waals surface area contributed by atoms with Gasteiger partial charge in [0.15, 0.2) is 0 Å². The van der Waals surface area contributed by atoms with Crippen LogP contribution >= 0.6 is 0 Å². The summed E-state index contributed by atoms with van der Waals surface area (Å²) < 4.78 is 6.33. The van der Waals surface area contributed by atoms with Gasteiger partial charge in [0.2, 0.25) is 0 Å². The maximum atomic E-state index is 6.33. The van der Waals surface area contributed by atoms with Crippen LogP contribution in [0.3, 0.4) is 0 Å². The van der Waals surface area contributed by atoms with E-state index in [4.69, 9.17) is 4.42 Å². The van der Waals surface area contributed by atoms with Crippen molar-refractivity contribution < 1.29 is 4.42 Å². The summed E-state index contributed by atoms with van der Waals surface area (Å²) in [4.78, 5) is 2.40. The summed E-state index contributed by atoms with van der Waals surface area (Å²) in [6.07, 6.45) is 0. The molecule has 0 saturated heterocycles. The molecule has 1 heterocycles. The average molecular weight is 790 g/mol. The Hall–Kier alpha value is -8.20. The van der Waals surface area contributed by atoms with E-state index in [0.717, 1.165) is 50.1 Å². The second kappa shape index (κ2) is 14.8. The van der Waals surface area contributed by atoms with Gasteiger partial charge in [0, 0.05) is 27.7 Å². The Kier molecular flexibility index (Phi) is 8.53. The molecule has 0 amide bonds. The minimum absolute atomic E-state index is 0.874. The number of hydrogen-bond acceptors (Lipinski definition) is 2. The molecule has 2 heteroatoms. The molecule has 11 aromatic carbocycles. The van der Waals surface area contributed by atoms with Crippen LogP contribution in [0.4, 0.5) is 17.1 Å². The van der Waals surface area contributed by atoms with E-state index in [1.165, 1.54) is 65.7 Å². The topological polar surface area (TPSA) is 16.4 Å². The standard InChI is InChI=1S/C60H39NO/c1-3-16-42(17-4-1)59-53-24-10-9-22-50(53)51-35-31-46(38-55(51)60(59)43-18-5-2-6-19-43)49-21-11-13-25-56(49)61(48-34-36-58-54(39-48)52-23-12-14-26-57(52)62-58)47-32-29-41(30-33-47)45-28-27-40-15-7-8-20-44(40)37-45/h1-39H. The fourth-order valence-electron chi connectivity index (χ4n) is 9.53. The van der Waals surface area contributed by atoms with Gasteiger partial charge in [0.1, 0.15) is 11.2 Å². The highest BCUT2D eigenvalue weighted by atomic mass is 16.3. The minimum atomic E-state index is 0.874. The Morgan fingerprint density at radius 1 is 0.274 bits per heavy atom. The van der Waals surface area contributed by atoms with Crippen LogP contribution in [0.5, 0.6) is 0 Å². The van der Waals surface area contributed by atoms with E-state index in [1.54, 1.807) is 0 Å². The van der Waals surface area contributed by atoms with Crippen molar-refractivity contribution in [3.8, 4) is 44.5 Å². The summed E-state index contributed by atoms with van der Waals surface area (Å²) in [6, 6.07) is 85.6. The predicted octanol–water partition coefficient (Wildman–Crippen LogP) is 17.2. The first kappa shape index (κ1) is 35.7. The normalized spacial score (nSPS) is 11.5. The van der Waals surface area contributed by atoms with E-state index in [9.17, 15) is 0 Å². The Balaban J connectivity index is 1.08. The van der Waals surface area contributed by atoms with E-state index < -0.39 is 0 Å². The molecule has 0 saturated carbocycles. The lowest BCUT2D eigenvalue weighted by Crippen LogP contribution is -2.11. The van der Waals surface area contributed by atoms with E-state index in [-0.39, 0.29) is 0 Å². The number of benzene rings is 11. The summed E-state index contributed by atoms with van der Waals surface area (Å²) >= 11 is 0. The van der Waals surface area contributed by atoms with Gasteiger partial charge in [0.25, 0.3) is 0 Å². The molecule has 62 heavy (non-hydrogen) atoms. The van der Waals surface area contributed by atoms with Gasteiger partial charge in [-0.1, -0.05) is 182 Å². The van der Waals surface area contributed by atoms with Crippen LogP contribution in [0.25, 0.3) is 98.8 Å². The lowest BCUT2D eigenvalue weighted by molar-refractivity contribution is 0.669. The van der Waals surface area contributed by atoms with Crippen LogP contribution in [0, 0.1) is 0 Å². The maximum Gasteiger partial charge on any atom is 0.135 e. The SMILES string of the molecule is c1ccc(-c2c(-c3ccccc3)c3cc(-c4ccccc4N(c4ccc(-c5ccc6ccccc6c5)cc4)c4ccc5oc6ccccc6c5c4)ccc3c3ccccc23)cc1. The number of furan rings is 1. The van der Waals surface area contributed by atoms with E-state index in [0.29, 0.717) is 0 Å². The van der Waals surface area contributed by atoms with Gasteiger partial charge in [-0.2, -0.15) is 0 Å². The van der Waals surface area contributed by atoms with Crippen molar-refractivity contribution in [2.24, 2.45) is 0 Å². The monoisotopic (exact) mass is 789 g/mol. The van der Waals surface area contributed by atoms with Crippen molar-refractivity contribution in [1.29, 1.82) is 0 Å². The molecular formula is C60H39NO. The van der Waals surface area contributed by atoms with Gasteiger partial charge >= 0.3 is 0 Å². The molecule has 12 rings (SSSR count). The number of rotatable bonds is 7. The number of nitrogens with zero attached hydrogens (tertiary/aromatic N) is 1. The Morgan fingerprint density at radius 2 is 0.839 bits per heavy atom. The molecule has 1 aromatic heterocycles. The Bertz CT molecular complexity index is 3620. The highest BCUT2D eigenvalue weighted by molar-refractivity contribution is 6.22. The zero-order valence-corrected chi connectivity index (χ0v) is 33.9. The van der Waals surface area contributed by atoms with Crippen LogP contribution < -0.4 is 4.90 Å². The molecule has 0 N–H and O–H groups in total. The first-order valence-corrected chi connectivity index (χ1v) is 21.2. The van der Waals surface area contributed by atoms with Crippen molar-refractivity contribution >= 4 is 71.3 Å². The molecule has 290 valence electrons. The number of hydrogen-bond donors (Lipinski definition) is 0. The number of fused-ring (bicyclic) bond motifs is 7. The molecule has 0 bridgehead atoms. The van der Waals surface area contributed by atoms with Crippen LogP contribution in [0.1, 0.15) is 0 Å². The molecule has 0 aliphatic rings. The average Bonchev–Trinajstić information content (AvgIpc) is 3.72. The van der Waals surface area contributed by atoms with Crippen LogP contribution in [-0.2, 0) is 0 Å². The third-order valence-corrected chi connectivity index (χ3v) is 12.4. The van der Waals surface area contributed by atoms with Crippen molar-refractivity contribution in [3.63, 3.8) is 0 Å². The van der Waals surface area contributed by atoms with Gasteiger partial charge in [-0.25, -0.2) is 0 Å². The van der Waals surface area contributed by atoms with E-state index >= 15 is 0 Å². The van der Waals surface area contributed by atoms with Crippen LogP contribution in [0.2, 0.25) is 0 Å². The summed E-state index contributed by atoms with van der Waals surface area (Å²) in [5, 5.41) is 9.62. The lowest BCUT2D eigenvalue weighted by Gasteiger charge is -2.28. The zero-order chi connectivity index (χ0) is 41.0. The largest absolute Gasteiger partial charge is 0.456 e. The molecule has 12 aromatic rings. The van der Waals surface area contributed by atoms with E-state index in [1.807, 2.05) is 12.1 Å². The Labute approximate surface area is 360 Å². The van der Waals surface area contributed by atoms with Gasteiger partial charge in [-0.15, -0.1) is 0 Å². The first-order chi connectivity index (χ1) is 30.7. The van der Waals surface area contributed by atoms with E-state index in [2.05, 4.69) is 229 Å². The Morgan fingerprint density at radius 3 is 1.63 bits per heavy atom. The van der Waals surface area contributed by atoms with Crippen molar-refractivity contribution in [3.05, 3.63) is 237 Å². The molecule has 0 fully saturated rings. The minimum Gasteiger partial charge on any atom is -0.456 e. The van der Waals surface area contributed by atoms with Gasteiger partial charge in [-0.3, -0.25) is 0 Å². The molecule has 0 unspecified atom stereocenters. The van der Waals surface area contributed by atoms with Crippen molar-refractivity contribution in [2.45, 2.75) is 0 Å². The smallest absolute Gasteiger partial charge is 0.135 e. The van der Waals surface area contributed by atoms with Crippen molar-refractivity contribution in [2.75, 3.05) is 4.90 Å². The van der Waals surface area contributed by atoms with Crippen LogP contribution in [0.15, 0.2) is 241 Å². The summed E-state index contributed by atoms with van der Waals surface area (Å²) in [5.74, 6) is 0. The van der Waals surface area contributed by atoms with Gasteiger partial charge in [-0.05, 0) is 126 Å². The third-order valence-electron chi connectivity index (χ3n) is 12.4. The van der Waals surface area contributed by atoms with Gasteiger partial charge in [0.05, 0.1) is 5.69 Å². The van der Waals surface area contributed by atoms with Crippen molar-refractivity contribution in [1.82, 2.24) is 0 Å². The fraction of sp³-hybridized carbons (Fsp3) is 0. The fourth-order valence-corrected chi connectivity index (χ4v) is 9.53. The molecule has 0 radical (unpaired) electrons. The molecule has 0 aliphatic carbocycles. The lowest BCUT2D eigenvalue weighted by atomic mass is 9.84. The van der Waals surface area contributed by atoms with Crippen LogP contribution in [-0.4, -0.2) is 0 Å². The number of anilines is 3. The summed E-state index contributed by atoms with van der Waals surface area (Å²) in [5.41, 5.74) is 14.5. The second-order valence-electron chi connectivity index (χ2n) is 16.0. The highest BCUT2D eigenvalue weighted by Gasteiger charge is 2.22. The highest BCUT2D eigenvalue weighted by Crippen LogP contribution is 2.48. The number of para-hydroxylation sites is 2. The quantitative estimate of drug-likeness (QED) is 0.150. The molecule has 2 nitrogen and oxygen atoms in total. The summed E-state index contributed by atoms with van der Waals surface area (Å²) in [6.45, 7) is 0. The molecule has 0 atom stereocenters. The zero-order valence-electron chi connectivity index (χ0n) is 33.9.